The number of amides is 1. The van der Waals surface area contributed by atoms with Gasteiger partial charge in [0.15, 0.2) is 0 Å². The number of piperidine rings is 1. The molecule has 1 amide bonds. The van der Waals surface area contributed by atoms with E-state index >= 15 is 0 Å². The van der Waals surface area contributed by atoms with E-state index in [9.17, 15) is 13.2 Å². The monoisotopic (exact) mass is 389 g/mol. The molecule has 1 aromatic carbocycles. The SMILES string of the molecule is COc1ccc(S(=O)(=O)N2CCC(C(=O)NCc3ccccn3)CC2)cc1. The molecule has 0 unspecified atom stereocenters. The Morgan fingerprint density at radius 2 is 1.89 bits per heavy atom. The summed E-state index contributed by atoms with van der Waals surface area (Å²) in [5, 5.41) is 2.88. The fourth-order valence-corrected chi connectivity index (χ4v) is 4.55. The summed E-state index contributed by atoms with van der Waals surface area (Å²) in [6.07, 6.45) is 2.69. The number of hydrogen-bond donors (Lipinski definition) is 1. The quantitative estimate of drug-likeness (QED) is 0.814. The Morgan fingerprint density at radius 3 is 2.48 bits per heavy atom. The number of nitrogens with zero attached hydrogens (tertiary/aromatic N) is 2. The van der Waals surface area contributed by atoms with Gasteiger partial charge in [0.1, 0.15) is 5.75 Å². The van der Waals surface area contributed by atoms with E-state index in [-0.39, 0.29) is 16.7 Å². The van der Waals surface area contributed by atoms with Gasteiger partial charge in [0.2, 0.25) is 15.9 Å². The summed E-state index contributed by atoms with van der Waals surface area (Å²) < 4.78 is 32.0. The average Bonchev–Trinajstić information content (AvgIpc) is 2.73. The molecule has 2 aromatic rings. The van der Waals surface area contributed by atoms with Crippen molar-refractivity contribution in [2.24, 2.45) is 5.92 Å². The Morgan fingerprint density at radius 1 is 1.19 bits per heavy atom. The molecule has 0 radical (unpaired) electrons. The summed E-state index contributed by atoms with van der Waals surface area (Å²) in [6, 6.07) is 11.9. The molecule has 1 fully saturated rings. The van der Waals surface area contributed by atoms with Gasteiger partial charge in [0.25, 0.3) is 0 Å². The number of sulfonamides is 1. The number of hydrogen-bond acceptors (Lipinski definition) is 5. The van der Waals surface area contributed by atoms with E-state index in [4.69, 9.17) is 4.74 Å². The molecule has 0 bridgehead atoms. The maximum Gasteiger partial charge on any atom is 0.243 e. The first kappa shape index (κ1) is 19.3. The Bertz CT molecular complexity index is 862. The summed E-state index contributed by atoms with van der Waals surface area (Å²) in [5.74, 6) is 0.371. The zero-order valence-corrected chi connectivity index (χ0v) is 16.0. The van der Waals surface area contributed by atoms with Crippen LogP contribution in [-0.2, 0) is 21.4 Å². The van der Waals surface area contributed by atoms with E-state index < -0.39 is 10.0 Å². The highest BCUT2D eigenvalue weighted by atomic mass is 32.2. The molecule has 0 atom stereocenters. The summed E-state index contributed by atoms with van der Waals surface area (Å²) >= 11 is 0. The number of aromatic nitrogens is 1. The van der Waals surface area contributed by atoms with Crippen LogP contribution in [0.25, 0.3) is 0 Å². The molecule has 1 aromatic heterocycles. The van der Waals surface area contributed by atoms with Crippen LogP contribution in [0.2, 0.25) is 0 Å². The van der Waals surface area contributed by atoms with Gasteiger partial charge in [-0.3, -0.25) is 9.78 Å². The predicted octanol–water partition coefficient (Wildman–Crippen LogP) is 1.81. The normalized spacial score (nSPS) is 16.0. The van der Waals surface area contributed by atoms with E-state index in [0.717, 1.165) is 5.69 Å². The molecule has 27 heavy (non-hydrogen) atoms. The molecular weight excluding hydrogens is 366 g/mol. The number of pyridine rings is 1. The highest BCUT2D eigenvalue weighted by Crippen LogP contribution is 2.25. The molecule has 3 rings (SSSR count). The van der Waals surface area contributed by atoms with Crippen molar-refractivity contribution in [3.63, 3.8) is 0 Å². The van der Waals surface area contributed by atoms with Crippen molar-refractivity contribution < 1.29 is 17.9 Å². The van der Waals surface area contributed by atoms with Gasteiger partial charge < -0.3 is 10.1 Å². The van der Waals surface area contributed by atoms with Gasteiger partial charge in [0.05, 0.1) is 24.2 Å². The van der Waals surface area contributed by atoms with Crippen LogP contribution in [0.3, 0.4) is 0 Å². The molecule has 0 saturated carbocycles. The van der Waals surface area contributed by atoms with Crippen molar-refractivity contribution in [3.05, 3.63) is 54.4 Å². The van der Waals surface area contributed by atoms with Crippen LogP contribution in [0, 0.1) is 5.92 Å². The number of carbonyl (C=O) groups excluding carboxylic acids is 1. The van der Waals surface area contributed by atoms with Crippen molar-refractivity contribution in [2.75, 3.05) is 20.2 Å². The van der Waals surface area contributed by atoms with Crippen LogP contribution >= 0.6 is 0 Å². The maximum atomic E-state index is 12.8. The minimum Gasteiger partial charge on any atom is -0.497 e. The lowest BCUT2D eigenvalue weighted by atomic mass is 9.97. The van der Waals surface area contributed by atoms with Crippen LogP contribution in [0.5, 0.6) is 5.75 Å². The van der Waals surface area contributed by atoms with E-state index in [1.54, 1.807) is 30.5 Å². The highest BCUT2D eigenvalue weighted by Gasteiger charge is 2.32. The summed E-state index contributed by atoms with van der Waals surface area (Å²) in [6.45, 7) is 1.04. The first-order valence-electron chi connectivity index (χ1n) is 8.82. The van der Waals surface area contributed by atoms with Crippen LogP contribution in [0.4, 0.5) is 0 Å². The first-order chi connectivity index (χ1) is 13.0. The third-order valence-corrected chi connectivity index (χ3v) is 6.60. The second-order valence-electron chi connectivity index (χ2n) is 6.39. The molecule has 1 N–H and O–H groups in total. The number of benzene rings is 1. The van der Waals surface area contributed by atoms with Crippen molar-refractivity contribution in [2.45, 2.75) is 24.3 Å². The number of methoxy groups -OCH3 is 1. The Balaban J connectivity index is 1.55. The van der Waals surface area contributed by atoms with Gasteiger partial charge >= 0.3 is 0 Å². The molecule has 2 heterocycles. The zero-order chi connectivity index (χ0) is 19.3. The second kappa shape index (κ2) is 8.49. The lowest BCUT2D eigenvalue weighted by Crippen LogP contribution is -2.42. The van der Waals surface area contributed by atoms with E-state index in [1.807, 2.05) is 18.2 Å². The fourth-order valence-electron chi connectivity index (χ4n) is 3.08. The smallest absolute Gasteiger partial charge is 0.243 e. The summed E-state index contributed by atoms with van der Waals surface area (Å²) in [4.78, 5) is 16.8. The van der Waals surface area contributed by atoms with Crippen LogP contribution < -0.4 is 10.1 Å². The van der Waals surface area contributed by atoms with Gasteiger partial charge in [0, 0.05) is 25.2 Å². The van der Waals surface area contributed by atoms with E-state index in [0.29, 0.717) is 38.2 Å². The van der Waals surface area contributed by atoms with E-state index in [2.05, 4.69) is 10.3 Å². The minimum absolute atomic E-state index is 0.0536. The molecule has 0 aliphatic carbocycles. The van der Waals surface area contributed by atoms with Gasteiger partial charge in [-0.1, -0.05) is 6.07 Å². The van der Waals surface area contributed by atoms with Crippen LogP contribution in [0.1, 0.15) is 18.5 Å². The van der Waals surface area contributed by atoms with Crippen molar-refractivity contribution in [1.82, 2.24) is 14.6 Å². The van der Waals surface area contributed by atoms with Gasteiger partial charge in [-0.2, -0.15) is 4.31 Å². The first-order valence-corrected chi connectivity index (χ1v) is 10.3. The van der Waals surface area contributed by atoms with Gasteiger partial charge in [-0.05, 0) is 49.2 Å². The van der Waals surface area contributed by atoms with Crippen LogP contribution in [-0.4, -0.2) is 43.8 Å². The predicted molar refractivity (Wildman–Crippen MR) is 101 cm³/mol. The largest absolute Gasteiger partial charge is 0.497 e. The topological polar surface area (TPSA) is 88.6 Å². The third-order valence-electron chi connectivity index (χ3n) is 4.69. The standard InChI is InChI=1S/C19H23N3O4S/c1-26-17-5-7-18(8-6-17)27(24,25)22-12-9-15(10-13-22)19(23)21-14-16-4-2-3-11-20-16/h2-8,11,15H,9-10,12-14H2,1H3,(H,21,23). The molecular formula is C19H23N3O4S. The number of rotatable bonds is 6. The van der Waals surface area contributed by atoms with Crippen LogP contribution in [0.15, 0.2) is 53.6 Å². The Labute approximate surface area is 159 Å². The van der Waals surface area contributed by atoms with Gasteiger partial charge in [-0.25, -0.2) is 8.42 Å². The molecule has 144 valence electrons. The summed E-state index contributed by atoms with van der Waals surface area (Å²) in [5.41, 5.74) is 0.797. The Kier molecular flexibility index (Phi) is 6.08. The molecule has 8 heteroatoms. The minimum atomic E-state index is -3.56. The molecule has 1 saturated heterocycles. The molecule has 1 aliphatic heterocycles. The van der Waals surface area contributed by atoms with E-state index in [1.165, 1.54) is 11.4 Å². The third kappa shape index (κ3) is 4.64. The number of carbonyl (C=O) groups is 1. The highest BCUT2D eigenvalue weighted by molar-refractivity contribution is 7.89. The average molecular weight is 389 g/mol. The van der Waals surface area contributed by atoms with Crippen molar-refractivity contribution in [1.29, 1.82) is 0 Å². The lowest BCUT2D eigenvalue weighted by Gasteiger charge is -2.30. The fraction of sp³-hybridized carbons (Fsp3) is 0.368. The summed E-state index contributed by atoms with van der Waals surface area (Å²) in [7, 11) is -2.02. The second-order valence-corrected chi connectivity index (χ2v) is 8.33. The lowest BCUT2D eigenvalue weighted by molar-refractivity contribution is -0.126. The zero-order valence-electron chi connectivity index (χ0n) is 15.2. The maximum absolute atomic E-state index is 12.8. The number of ether oxygens (including phenoxy) is 1. The number of nitrogens with one attached hydrogen (secondary N) is 1. The molecule has 7 nitrogen and oxygen atoms in total. The van der Waals surface area contributed by atoms with Crippen molar-refractivity contribution in [3.8, 4) is 5.75 Å². The Hall–Kier alpha value is -2.45. The molecule has 1 aliphatic rings. The van der Waals surface area contributed by atoms with Gasteiger partial charge in [-0.15, -0.1) is 0 Å². The van der Waals surface area contributed by atoms with Crippen molar-refractivity contribution >= 4 is 15.9 Å². The molecule has 0 spiro atoms.